The number of amides is 2. The molecule has 24 heavy (non-hydrogen) atoms. The summed E-state index contributed by atoms with van der Waals surface area (Å²) in [6.07, 6.45) is 0.0218. The SMILES string of the molecule is CN(CC1COc2ccccc2O1)C(=O)NC1CCC(F)(F)CC1. The van der Waals surface area contributed by atoms with E-state index in [1.165, 1.54) is 4.90 Å². The molecule has 0 aromatic heterocycles. The van der Waals surface area contributed by atoms with Crippen LogP contribution in [0.25, 0.3) is 0 Å². The molecule has 1 aromatic rings. The summed E-state index contributed by atoms with van der Waals surface area (Å²) in [5, 5.41) is 2.82. The molecule has 0 spiro atoms. The lowest BCUT2D eigenvalue weighted by atomic mass is 9.92. The molecule has 7 heteroatoms. The fraction of sp³-hybridized carbons (Fsp3) is 0.588. The predicted octanol–water partition coefficient (Wildman–Crippen LogP) is 3.05. The van der Waals surface area contributed by atoms with E-state index in [0.717, 1.165) is 0 Å². The van der Waals surface area contributed by atoms with Crippen LogP contribution in [0.15, 0.2) is 24.3 Å². The lowest BCUT2D eigenvalue weighted by Crippen LogP contribution is -2.49. The van der Waals surface area contributed by atoms with E-state index in [9.17, 15) is 13.6 Å². The van der Waals surface area contributed by atoms with Gasteiger partial charge < -0.3 is 19.7 Å². The molecule has 1 atom stereocenters. The van der Waals surface area contributed by atoms with E-state index in [1.54, 1.807) is 7.05 Å². The van der Waals surface area contributed by atoms with E-state index in [4.69, 9.17) is 9.47 Å². The Kier molecular flexibility index (Phi) is 4.78. The van der Waals surface area contributed by atoms with Crippen LogP contribution in [0.5, 0.6) is 11.5 Å². The second-order valence-electron chi connectivity index (χ2n) is 6.46. The molecule has 2 amide bonds. The highest BCUT2D eigenvalue weighted by Crippen LogP contribution is 2.33. The lowest BCUT2D eigenvalue weighted by molar-refractivity contribution is -0.0398. The monoisotopic (exact) mass is 340 g/mol. The summed E-state index contributed by atoms with van der Waals surface area (Å²) in [5.74, 6) is -1.23. The highest BCUT2D eigenvalue weighted by Gasteiger charge is 2.35. The molecule has 2 aliphatic rings. The number of hydrogen-bond acceptors (Lipinski definition) is 3. The van der Waals surface area contributed by atoms with Gasteiger partial charge in [0.1, 0.15) is 6.61 Å². The van der Waals surface area contributed by atoms with Gasteiger partial charge in [0, 0.05) is 25.9 Å². The van der Waals surface area contributed by atoms with Crippen molar-refractivity contribution >= 4 is 6.03 Å². The Morgan fingerprint density at radius 1 is 1.29 bits per heavy atom. The van der Waals surface area contributed by atoms with Crippen molar-refractivity contribution in [3.8, 4) is 11.5 Å². The zero-order valence-electron chi connectivity index (χ0n) is 13.6. The topological polar surface area (TPSA) is 50.8 Å². The van der Waals surface area contributed by atoms with Crippen molar-refractivity contribution in [3.05, 3.63) is 24.3 Å². The van der Waals surface area contributed by atoms with Gasteiger partial charge in [-0.05, 0) is 25.0 Å². The number of rotatable bonds is 3. The Morgan fingerprint density at radius 2 is 1.96 bits per heavy atom. The number of urea groups is 1. The zero-order chi connectivity index (χ0) is 17.2. The third-order valence-corrected chi connectivity index (χ3v) is 4.44. The van der Waals surface area contributed by atoms with Crippen molar-refractivity contribution in [2.45, 2.75) is 43.8 Å². The van der Waals surface area contributed by atoms with Crippen LogP contribution in [0.2, 0.25) is 0 Å². The molecule has 1 aliphatic heterocycles. The fourth-order valence-corrected chi connectivity index (χ4v) is 3.01. The van der Waals surface area contributed by atoms with E-state index in [0.29, 0.717) is 37.5 Å². The molecule has 1 fully saturated rings. The zero-order valence-corrected chi connectivity index (χ0v) is 13.6. The van der Waals surface area contributed by atoms with Crippen molar-refractivity contribution in [1.82, 2.24) is 10.2 Å². The minimum Gasteiger partial charge on any atom is -0.486 e. The maximum atomic E-state index is 13.2. The van der Waals surface area contributed by atoms with Crippen LogP contribution < -0.4 is 14.8 Å². The number of nitrogens with zero attached hydrogens (tertiary/aromatic N) is 1. The number of benzene rings is 1. The number of likely N-dealkylation sites (N-methyl/N-ethyl adjacent to an activating group) is 1. The van der Waals surface area contributed by atoms with Gasteiger partial charge in [-0.3, -0.25) is 0 Å². The fourth-order valence-electron chi connectivity index (χ4n) is 3.01. The van der Waals surface area contributed by atoms with E-state index in [2.05, 4.69) is 5.32 Å². The smallest absolute Gasteiger partial charge is 0.317 e. The molecular weight excluding hydrogens is 318 g/mol. The number of para-hydroxylation sites is 2. The summed E-state index contributed by atoms with van der Waals surface area (Å²) in [4.78, 5) is 13.7. The van der Waals surface area contributed by atoms with E-state index < -0.39 is 5.92 Å². The largest absolute Gasteiger partial charge is 0.486 e. The van der Waals surface area contributed by atoms with Crippen LogP contribution >= 0.6 is 0 Å². The number of ether oxygens (including phenoxy) is 2. The van der Waals surface area contributed by atoms with Gasteiger partial charge in [0.15, 0.2) is 17.6 Å². The number of nitrogens with one attached hydrogen (secondary N) is 1. The third kappa shape index (κ3) is 4.07. The number of alkyl halides is 2. The minimum absolute atomic E-state index is 0.169. The van der Waals surface area contributed by atoms with Crippen LogP contribution in [-0.4, -0.2) is 49.2 Å². The van der Waals surface area contributed by atoms with E-state index in [1.807, 2.05) is 24.3 Å². The van der Waals surface area contributed by atoms with Gasteiger partial charge in [-0.15, -0.1) is 0 Å². The number of carbonyl (C=O) groups is 1. The first-order valence-corrected chi connectivity index (χ1v) is 8.21. The second-order valence-corrected chi connectivity index (χ2v) is 6.46. The second kappa shape index (κ2) is 6.83. The molecule has 1 heterocycles. The van der Waals surface area contributed by atoms with Gasteiger partial charge in [-0.25, -0.2) is 13.6 Å². The molecule has 1 unspecified atom stereocenters. The maximum absolute atomic E-state index is 13.2. The quantitative estimate of drug-likeness (QED) is 0.920. The van der Waals surface area contributed by atoms with Gasteiger partial charge in [-0.2, -0.15) is 0 Å². The van der Waals surface area contributed by atoms with Crippen LogP contribution in [-0.2, 0) is 0 Å². The molecule has 132 valence electrons. The van der Waals surface area contributed by atoms with Gasteiger partial charge in [0.25, 0.3) is 0 Å². The average molecular weight is 340 g/mol. The molecule has 0 bridgehead atoms. The van der Waals surface area contributed by atoms with Crippen molar-refractivity contribution in [2.24, 2.45) is 0 Å². The number of halogens is 2. The van der Waals surface area contributed by atoms with Crippen molar-refractivity contribution < 1.29 is 23.0 Å². The average Bonchev–Trinajstić information content (AvgIpc) is 2.56. The Labute approximate surface area is 139 Å². The van der Waals surface area contributed by atoms with Crippen molar-refractivity contribution in [2.75, 3.05) is 20.2 Å². The lowest BCUT2D eigenvalue weighted by Gasteiger charge is -2.32. The summed E-state index contributed by atoms with van der Waals surface area (Å²) in [7, 11) is 1.66. The summed E-state index contributed by atoms with van der Waals surface area (Å²) in [5.41, 5.74) is 0. The van der Waals surface area contributed by atoms with Gasteiger partial charge in [-0.1, -0.05) is 12.1 Å². The molecule has 0 saturated heterocycles. The normalized spacial score (nSPS) is 22.7. The first-order chi connectivity index (χ1) is 11.4. The number of carbonyl (C=O) groups excluding carboxylic acids is 1. The first kappa shape index (κ1) is 16.8. The number of fused-ring (bicyclic) bond motifs is 1. The van der Waals surface area contributed by atoms with Crippen molar-refractivity contribution in [1.29, 1.82) is 0 Å². The summed E-state index contributed by atoms with van der Waals surface area (Å²) >= 11 is 0. The molecule has 0 radical (unpaired) electrons. The Balaban J connectivity index is 1.47. The maximum Gasteiger partial charge on any atom is 0.317 e. The van der Waals surface area contributed by atoms with Crippen LogP contribution in [0, 0.1) is 0 Å². The molecule has 1 aliphatic carbocycles. The minimum atomic E-state index is -2.59. The van der Waals surface area contributed by atoms with Crippen LogP contribution in [0.3, 0.4) is 0 Å². The van der Waals surface area contributed by atoms with Crippen molar-refractivity contribution in [3.63, 3.8) is 0 Å². The number of hydrogen-bond donors (Lipinski definition) is 1. The summed E-state index contributed by atoms with van der Waals surface area (Å²) in [6.45, 7) is 0.729. The molecule has 1 N–H and O–H groups in total. The van der Waals surface area contributed by atoms with E-state index in [-0.39, 0.29) is 31.0 Å². The predicted molar refractivity (Wildman–Crippen MR) is 84.7 cm³/mol. The van der Waals surface area contributed by atoms with Crippen LogP contribution in [0.4, 0.5) is 13.6 Å². The van der Waals surface area contributed by atoms with Crippen LogP contribution in [0.1, 0.15) is 25.7 Å². The summed E-state index contributed by atoms with van der Waals surface area (Å²) < 4.78 is 37.7. The molecule has 1 saturated carbocycles. The molecular formula is C17H22F2N2O3. The Bertz CT molecular complexity index is 587. The molecule has 1 aromatic carbocycles. The molecule has 5 nitrogen and oxygen atoms in total. The third-order valence-electron chi connectivity index (χ3n) is 4.44. The molecule has 3 rings (SSSR count). The Morgan fingerprint density at radius 3 is 2.67 bits per heavy atom. The van der Waals surface area contributed by atoms with Gasteiger partial charge >= 0.3 is 6.03 Å². The Hall–Kier alpha value is -2.05. The summed E-state index contributed by atoms with van der Waals surface area (Å²) in [6, 6.07) is 6.93. The highest BCUT2D eigenvalue weighted by atomic mass is 19.3. The van der Waals surface area contributed by atoms with Gasteiger partial charge in [0.05, 0.1) is 6.54 Å². The standard InChI is InChI=1S/C17H22F2N2O3/c1-21(16(22)20-12-6-8-17(18,19)9-7-12)10-13-11-23-14-4-2-3-5-15(14)24-13/h2-5,12-13H,6-11H2,1H3,(H,20,22). The first-order valence-electron chi connectivity index (χ1n) is 8.21. The highest BCUT2D eigenvalue weighted by molar-refractivity contribution is 5.74. The van der Waals surface area contributed by atoms with E-state index >= 15 is 0 Å². The van der Waals surface area contributed by atoms with Gasteiger partial charge in [0.2, 0.25) is 5.92 Å².